The van der Waals surface area contributed by atoms with Crippen LogP contribution in [0.1, 0.15) is 21.5 Å². The summed E-state index contributed by atoms with van der Waals surface area (Å²) in [6.07, 6.45) is 0. The molecule has 0 fully saturated rings. The molecule has 0 radical (unpaired) electrons. The monoisotopic (exact) mass is 313 g/mol. The van der Waals surface area contributed by atoms with Crippen LogP contribution in [0.5, 0.6) is 0 Å². The first-order valence-electron chi connectivity index (χ1n) is 6.97. The average molecular weight is 313 g/mol. The second-order valence-electron chi connectivity index (χ2n) is 5.44. The molecule has 116 valence electrons. The topological polar surface area (TPSA) is 50.2 Å². The fourth-order valence-electron chi connectivity index (χ4n) is 2.50. The van der Waals surface area contributed by atoms with Gasteiger partial charge in [0, 0.05) is 17.0 Å². The van der Waals surface area contributed by atoms with Crippen molar-refractivity contribution in [2.45, 2.75) is 13.8 Å². The van der Waals surface area contributed by atoms with Gasteiger partial charge in [0.2, 0.25) is 0 Å². The number of fused-ring (bicyclic) bond motifs is 1. The summed E-state index contributed by atoms with van der Waals surface area (Å²) >= 11 is 0. The molecule has 0 amide bonds. The highest BCUT2D eigenvalue weighted by atomic mass is 19.1. The zero-order valence-electron chi connectivity index (χ0n) is 12.5. The van der Waals surface area contributed by atoms with E-state index in [4.69, 9.17) is 0 Å². The van der Waals surface area contributed by atoms with Gasteiger partial charge in [-0.15, -0.1) is 0 Å². The van der Waals surface area contributed by atoms with Gasteiger partial charge in [-0.05, 0) is 55.3 Å². The molecule has 0 atom stereocenters. The summed E-state index contributed by atoms with van der Waals surface area (Å²) in [5.41, 5.74) is 2.63. The number of carboxylic acid groups (broad SMARTS) is 1. The minimum atomic E-state index is -1.12. The lowest BCUT2D eigenvalue weighted by Gasteiger charge is -2.10. The van der Waals surface area contributed by atoms with Crippen LogP contribution in [0.4, 0.5) is 8.78 Å². The largest absolute Gasteiger partial charge is 0.478 e. The number of rotatable bonds is 2. The van der Waals surface area contributed by atoms with E-state index in [2.05, 4.69) is 4.98 Å². The number of halogens is 2. The Kier molecular flexibility index (Phi) is 3.56. The Morgan fingerprint density at radius 1 is 1.04 bits per heavy atom. The van der Waals surface area contributed by atoms with Gasteiger partial charge >= 0.3 is 5.97 Å². The lowest BCUT2D eigenvalue weighted by atomic mass is 10.00. The first-order chi connectivity index (χ1) is 10.9. The molecule has 1 N–H and O–H groups in total. The van der Waals surface area contributed by atoms with Gasteiger partial charge in [-0.25, -0.2) is 18.6 Å². The first kappa shape index (κ1) is 15.1. The van der Waals surface area contributed by atoms with E-state index in [0.717, 1.165) is 23.3 Å². The predicted molar refractivity (Wildman–Crippen MR) is 83.5 cm³/mol. The third kappa shape index (κ3) is 2.65. The Hall–Kier alpha value is -2.82. The van der Waals surface area contributed by atoms with E-state index in [1.165, 1.54) is 12.1 Å². The Labute approximate surface area is 131 Å². The molecule has 0 aliphatic heterocycles. The lowest BCUT2D eigenvalue weighted by molar-refractivity contribution is 0.0699. The quantitative estimate of drug-likeness (QED) is 0.758. The van der Waals surface area contributed by atoms with Gasteiger partial charge in [-0.2, -0.15) is 0 Å². The summed E-state index contributed by atoms with van der Waals surface area (Å²) in [7, 11) is 0. The van der Waals surface area contributed by atoms with Crippen molar-refractivity contribution in [2.24, 2.45) is 0 Å². The van der Waals surface area contributed by atoms with Gasteiger partial charge in [-0.1, -0.05) is 0 Å². The van der Waals surface area contributed by atoms with Crippen molar-refractivity contribution in [1.82, 2.24) is 4.98 Å². The van der Waals surface area contributed by atoms with Crippen LogP contribution in [0.15, 0.2) is 36.4 Å². The maximum atomic E-state index is 14.0. The van der Waals surface area contributed by atoms with Crippen LogP contribution < -0.4 is 0 Å². The number of benzene rings is 2. The highest BCUT2D eigenvalue weighted by molar-refractivity contribution is 6.04. The van der Waals surface area contributed by atoms with E-state index in [1.807, 2.05) is 13.8 Å². The molecule has 5 heteroatoms. The Morgan fingerprint density at radius 3 is 2.39 bits per heavy atom. The molecule has 0 saturated heterocycles. The fraction of sp³-hybridized carbons (Fsp3) is 0.111. The number of nitrogens with zero attached hydrogens (tertiary/aromatic N) is 1. The smallest absolute Gasteiger partial charge is 0.336 e. The molecule has 3 nitrogen and oxygen atoms in total. The molecular formula is C18H13F2NO2. The summed E-state index contributed by atoms with van der Waals surface area (Å²) < 4.78 is 27.1. The number of pyridine rings is 1. The molecule has 0 bridgehead atoms. The molecule has 0 aliphatic rings. The summed E-state index contributed by atoms with van der Waals surface area (Å²) in [5, 5.41) is 9.94. The summed E-state index contributed by atoms with van der Waals surface area (Å²) in [6, 6.07) is 7.96. The van der Waals surface area contributed by atoms with Crippen molar-refractivity contribution < 1.29 is 18.7 Å². The number of carbonyl (C=O) groups is 1. The highest BCUT2D eigenvalue weighted by Crippen LogP contribution is 2.28. The van der Waals surface area contributed by atoms with Crippen molar-refractivity contribution in [3.63, 3.8) is 0 Å². The molecule has 1 heterocycles. The van der Waals surface area contributed by atoms with Crippen LogP contribution in [0.2, 0.25) is 0 Å². The van der Waals surface area contributed by atoms with Gasteiger partial charge in [0.25, 0.3) is 0 Å². The molecule has 23 heavy (non-hydrogen) atoms. The van der Waals surface area contributed by atoms with Crippen molar-refractivity contribution in [3.8, 4) is 11.3 Å². The Morgan fingerprint density at radius 2 is 1.74 bits per heavy atom. The SMILES string of the molecule is Cc1cc2nc(-c3ccc(F)cc3F)cc(C(=O)O)c2cc1C. The van der Waals surface area contributed by atoms with Crippen molar-refractivity contribution in [1.29, 1.82) is 0 Å². The van der Waals surface area contributed by atoms with Crippen LogP contribution in [0, 0.1) is 25.5 Å². The van der Waals surface area contributed by atoms with E-state index in [0.29, 0.717) is 10.9 Å². The zero-order chi connectivity index (χ0) is 16.7. The van der Waals surface area contributed by atoms with Crippen molar-refractivity contribution in [3.05, 3.63) is 64.7 Å². The molecule has 0 aliphatic carbocycles. The van der Waals surface area contributed by atoms with E-state index in [9.17, 15) is 18.7 Å². The van der Waals surface area contributed by atoms with Crippen molar-refractivity contribution in [2.75, 3.05) is 0 Å². The summed E-state index contributed by atoms with van der Waals surface area (Å²) in [6.45, 7) is 3.77. The van der Waals surface area contributed by atoms with E-state index in [-0.39, 0.29) is 16.8 Å². The minimum absolute atomic E-state index is 0.0387. The number of aromatic nitrogens is 1. The molecule has 0 unspecified atom stereocenters. The molecule has 1 aromatic heterocycles. The van der Waals surface area contributed by atoms with Crippen LogP contribution >= 0.6 is 0 Å². The lowest BCUT2D eigenvalue weighted by Crippen LogP contribution is -2.02. The molecule has 3 rings (SSSR count). The third-order valence-corrected chi connectivity index (χ3v) is 3.86. The second kappa shape index (κ2) is 5.43. The number of aryl methyl sites for hydroxylation is 2. The van der Waals surface area contributed by atoms with Gasteiger partial charge < -0.3 is 5.11 Å². The standard InChI is InChI=1S/C18H13F2NO2/c1-9-5-13-14(18(22)23)8-17(21-16(13)6-10(9)2)12-4-3-11(19)7-15(12)20/h3-8H,1-2H3,(H,22,23). The maximum Gasteiger partial charge on any atom is 0.336 e. The number of hydrogen-bond acceptors (Lipinski definition) is 2. The number of aromatic carboxylic acids is 1. The highest BCUT2D eigenvalue weighted by Gasteiger charge is 2.16. The van der Waals surface area contributed by atoms with Crippen LogP contribution in [-0.4, -0.2) is 16.1 Å². The van der Waals surface area contributed by atoms with Crippen LogP contribution in [0.3, 0.4) is 0 Å². The van der Waals surface area contributed by atoms with Gasteiger partial charge in [0.1, 0.15) is 11.6 Å². The normalized spacial score (nSPS) is 11.0. The van der Waals surface area contributed by atoms with E-state index in [1.54, 1.807) is 12.1 Å². The van der Waals surface area contributed by atoms with Crippen LogP contribution in [-0.2, 0) is 0 Å². The summed E-state index contributed by atoms with van der Waals surface area (Å²) in [4.78, 5) is 15.9. The van der Waals surface area contributed by atoms with E-state index >= 15 is 0 Å². The molecule has 0 saturated carbocycles. The molecule has 2 aromatic carbocycles. The zero-order valence-corrected chi connectivity index (χ0v) is 12.5. The maximum absolute atomic E-state index is 14.0. The fourth-order valence-corrected chi connectivity index (χ4v) is 2.50. The Balaban J connectivity index is 2.34. The molecular weight excluding hydrogens is 300 g/mol. The molecule has 3 aromatic rings. The second-order valence-corrected chi connectivity index (χ2v) is 5.44. The van der Waals surface area contributed by atoms with Gasteiger partial charge in [0.15, 0.2) is 0 Å². The predicted octanol–water partition coefficient (Wildman–Crippen LogP) is 4.50. The summed E-state index contributed by atoms with van der Waals surface area (Å²) in [5.74, 6) is -2.60. The third-order valence-electron chi connectivity index (χ3n) is 3.86. The number of carboxylic acids is 1. The van der Waals surface area contributed by atoms with Gasteiger partial charge in [-0.3, -0.25) is 0 Å². The minimum Gasteiger partial charge on any atom is -0.478 e. The average Bonchev–Trinajstić information content (AvgIpc) is 2.47. The Bertz CT molecular complexity index is 951. The van der Waals surface area contributed by atoms with E-state index < -0.39 is 17.6 Å². The van der Waals surface area contributed by atoms with Crippen LogP contribution in [0.25, 0.3) is 22.2 Å². The van der Waals surface area contributed by atoms with Crippen molar-refractivity contribution >= 4 is 16.9 Å². The first-order valence-corrected chi connectivity index (χ1v) is 6.97. The van der Waals surface area contributed by atoms with Gasteiger partial charge in [0.05, 0.1) is 16.8 Å². The molecule has 0 spiro atoms. The number of hydrogen-bond donors (Lipinski definition) is 1.